The molecular formula is C14H20ClO4P. The van der Waals surface area contributed by atoms with E-state index in [2.05, 4.69) is 0 Å². The summed E-state index contributed by atoms with van der Waals surface area (Å²) in [5.74, 6) is 0. The van der Waals surface area contributed by atoms with Gasteiger partial charge in [0, 0.05) is 5.41 Å². The van der Waals surface area contributed by atoms with Crippen molar-refractivity contribution in [1.82, 2.24) is 0 Å². The van der Waals surface area contributed by atoms with E-state index in [0.29, 0.717) is 5.56 Å². The lowest BCUT2D eigenvalue weighted by atomic mass is 9.97. The van der Waals surface area contributed by atoms with Crippen LogP contribution < -0.4 is 0 Å². The topological polar surface area (TPSA) is 55.8 Å². The Bertz CT molecular complexity index is 503. The number of alkyl halides is 1. The highest BCUT2D eigenvalue weighted by atomic mass is 35.5. The van der Waals surface area contributed by atoms with Crippen LogP contribution in [0.1, 0.15) is 26.3 Å². The summed E-state index contributed by atoms with van der Waals surface area (Å²) in [6.45, 7) is 5.98. The van der Waals surface area contributed by atoms with E-state index in [1.165, 1.54) is 0 Å². The molecule has 2 rings (SSSR count). The predicted octanol–water partition coefficient (Wildman–Crippen LogP) is 3.73. The zero-order valence-corrected chi connectivity index (χ0v) is 13.5. The van der Waals surface area contributed by atoms with Crippen molar-refractivity contribution in [3.8, 4) is 0 Å². The fourth-order valence-corrected chi connectivity index (χ4v) is 4.98. The fraction of sp³-hybridized carbons (Fsp3) is 0.571. The van der Waals surface area contributed by atoms with Gasteiger partial charge in [-0.05, 0) is 12.5 Å². The number of halogens is 1. The van der Waals surface area contributed by atoms with Gasteiger partial charge in [-0.25, -0.2) is 0 Å². The van der Waals surface area contributed by atoms with Crippen molar-refractivity contribution < 1.29 is 18.7 Å². The molecule has 0 bridgehead atoms. The van der Waals surface area contributed by atoms with Crippen LogP contribution in [0, 0.1) is 5.41 Å². The Labute approximate surface area is 124 Å². The zero-order valence-electron chi connectivity index (χ0n) is 11.9. The Morgan fingerprint density at radius 3 is 2.25 bits per heavy atom. The number of aliphatic hydroxyl groups is 1. The van der Waals surface area contributed by atoms with Crippen LogP contribution in [-0.2, 0) is 19.0 Å². The highest BCUT2D eigenvalue weighted by Gasteiger charge is 2.57. The predicted molar refractivity (Wildman–Crippen MR) is 78.9 cm³/mol. The molecule has 0 radical (unpaired) electrons. The van der Waals surface area contributed by atoms with Crippen molar-refractivity contribution in [1.29, 1.82) is 0 Å². The van der Waals surface area contributed by atoms with E-state index in [4.69, 9.17) is 20.6 Å². The third-order valence-electron chi connectivity index (χ3n) is 3.42. The van der Waals surface area contributed by atoms with Crippen LogP contribution in [0.25, 0.3) is 0 Å². The number of rotatable bonds is 3. The van der Waals surface area contributed by atoms with Crippen LogP contribution >= 0.6 is 19.2 Å². The van der Waals surface area contributed by atoms with E-state index in [1.807, 2.05) is 19.9 Å². The largest absolute Gasteiger partial charge is 0.372 e. The number of hydrogen-bond acceptors (Lipinski definition) is 4. The molecule has 1 aliphatic rings. The standard InChI is InChI=1S/C14H20ClO4P/c1-11(15)14(16,12-7-5-4-6-8-12)20(17)18-9-13(2,3)10-19-20/h4-8,11,16H,9-10H2,1-3H3. The molecule has 0 aliphatic carbocycles. The van der Waals surface area contributed by atoms with E-state index in [0.717, 1.165) is 0 Å². The molecule has 2 unspecified atom stereocenters. The molecule has 1 aliphatic heterocycles. The third kappa shape index (κ3) is 2.68. The SMILES string of the molecule is CC(Cl)C(O)(c1ccccc1)P1(=O)OCC(C)(C)CO1. The summed E-state index contributed by atoms with van der Waals surface area (Å²) >= 11 is 6.13. The molecular weight excluding hydrogens is 299 g/mol. The second kappa shape index (κ2) is 5.43. The summed E-state index contributed by atoms with van der Waals surface area (Å²) in [6, 6.07) is 8.65. The minimum absolute atomic E-state index is 0.235. The molecule has 6 heteroatoms. The number of benzene rings is 1. The summed E-state index contributed by atoms with van der Waals surface area (Å²) in [7, 11) is -3.77. The summed E-state index contributed by atoms with van der Waals surface area (Å²) in [6.07, 6.45) is 0. The maximum absolute atomic E-state index is 13.0. The number of hydrogen-bond donors (Lipinski definition) is 1. The average Bonchev–Trinajstić information content (AvgIpc) is 2.42. The van der Waals surface area contributed by atoms with Crippen LogP contribution in [0.5, 0.6) is 0 Å². The first-order valence-electron chi connectivity index (χ1n) is 6.52. The van der Waals surface area contributed by atoms with Crippen molar-refractivity contribution in [3.05, 3.63) is 35.9 Å². The van der Waals surface area contributed by atoms with E-state index in [-0.39, 0.29) is 18.6 Å². The minimum Gasteiger partial charge on any atom is -0.372 e. The van der Waals surface area contributed by atoms with Crippen molar-refractivity contribution in [2.75, 3.05) is 13.2 Å². The van der Waals surface area contributed by atoms with E-state index in [9.17, 15) is 9.67 Å². The molecule has 1 aromatic carbocycles. The Kier molecular flexibility index (Phi) is 4.35. The molecule has 2 atom stereocenters. The van der Waals surface area contributed by atoms with Gasteiger partial charge in [0.1, 0.15) is 0 Å². The van der Waals surface area contributed by atoms with Crippen LogP contribution in [0.4, 0.5) is 0 Å². The maximum Gasteiger partial charge on any atom is 0.368 e. The maximum atomic E-state index is 13.0. The summed E-state index contributed by atoms with van der Waals surface area (Å²) in [5, 5.41) is 8.29. The molecule has 1 heterocycles. The van der Waals surface area contributed by atoms with Crippen molar-refractivity contribution in [2.45, 2.75) is 31.5 Å². The van der Waals surface area contributed by atoms with E-state index >= 15 is 0 Å². The van der Waals surface area contributed by atoms with Crippen LogP contribution in [-0.4, -0.2) is 23.7 Å². The lowest BCUT2D eigenvalue weighted by Gasteiger charge is -2.42. The van der Waals surface area contributed by atoms with Crippen molar-refractivity contribution >= 4 is 19.2 Å². The van der Waals surface area contributed by atoms with Crippen LogP contribution in [0.2, 0.25) is 0 Å². The molecule has 1 N–H and O–H groups in total. The molecule has 4 nitrogen and oxygen atoms in total. The molecule has 0 saturated carbocycles. The first kappa shape index (κ1) is 16.0. The molecule has 0 spiro atoms. The van der Waals surface area contributed by atoms with Gasteiger partial charge in [0.15, 0.2) is 0 Å². The van der Waals surface area contributed by atoms with Gasteiger partial charge in [-0.3, -0.25) is 4.57 Å². The highest BCUT2D eigenvalue weighted by Crippen LogP contribution is 2.68. The van der Waals surface area contributed by atoms with Gasteiger partial charge in [-0.15, -0.1) is 11.6 Å². The summed E-state index contributed by atoms with van der Waals surface area (Å²) in [4.78, 5) is 0. The van der Waals surface area contributed by atoms with Crippen molar-refractivity contribution in [3.63, 3.8) is 0 Å². The van der Waals surface area contributed by atoms with Gasteiger partial charge in [-0.2, -0.15) is 0 Å². The second-order valence-corrected chi connectivity index (χ2v) is 8.76. The summed E-state index contributed by atoms with van der Waals surface area (Å²) in [5.41, 5.74) is 0.201. The first-order chi connectivity index (χ1) is 9.21. The Morgan fingerprint density at radius 1 is 1.30 bits per heavy atom. The minimum atomic E-state index is -3.77. The normalized spacial score (nSPS) is 25.6. The first-order valence-corrected chi connectivity index (χ1v) is 8.50. The Morgan fingerprint density at radius 2 is 1.80 bits per heavy atom. The molecule has 0 amide bonds. The van der Waals surface area contributed by atoms with Gasteiger partial charge in [0.2, 0.25) is 5.34 Å². The smallest absolute Gasteiger partial charge is 0.368 e. The zero-order chi connectivity index (χ0) is 15.0. The molecule has 20 heavy (non-hydrogen) atoms. The molecule has 112 valence electrons. The summed E-state index contributed by atoms with van der Waals surface area (Å²) < 4.78 is 23.9. The Hall–Kier alpha value is -0.380. The van der Waals surface area contributed by atoms with Gasteiger partial charge in [0.25, 0.3) is 0 Å². The van der Waals surface area contributed by atoms with Gasteiger partial charge in [-0.1, -0.05) is 44.2 Å². The molecule has 0 aromatic heterocycles. The monoisotopic (exact) mass is 318 g/mol. The third-order valence-corrected chi connectivity index (χ3v) is 6.31. The molecule has 1 saturated heterocycles. The lowest BCUT2D eigenvalue weighted by Crippen LogP contribution is -2.41. The average molecular weight is 319 g/mol. The molecule has 1 fully saturated rings. The van der Waals surface area contributed by atoms with Gasteiger partial charge >= 0.3 is 7.60 Å². The van der Waals surface area contributed by atoms with E-state index < -0.39 is 18.3 Å². The fourth-order valence-electron chi connectivity index (χ4n) is 2.08. The molecule has 1 aromatic rings. The lowest BCUT2D eigenvalue weighted by molar-refractivity contribution is -0.00539. The second-order valence-electron chi connectivity index (χ2n) is 5.92. The van der Waals surface area contributed by atoms with E-state index in [1.54, 1.807) is 31.2 Å². The Balaban J connectivity index is 2.42. The highest BCUT2D eigenvalue weighted by molar-refractivity contribution is 7.55. The van der Waals surface area contributed by atoms with Crippen LogP contribution in [0.3, 0.4) is 0 Å². The quantitative estimate of drug-likeness (QED) is 0.681. The van der Waals surface area contributed by atoms with Gasteiger partial charge in [0.05, 0.1) is 18.6 Å². The van der Waals surface area contributed by atoms with Crippen molar-refractivity contribution in [2.24, 2.45) is 5.41 Å². The van der Waals surface area contributed by atoms with Gasteiger partial charge < -0.3 is 14.2 Å². The van der Waals surface area contributed by atoms with Crippen LogP contribution in [0.15, 0.2) is 30.3 Å².